The SMILES string of the molecule is CCn1cc(C(C)NCCCC(C)C)cn1. The predicted octanol–water partition coefficient (Wildman–Crippen LogP) is 2.99. The largest absolute Gasteiger partial charge is 0.310 e. The smallest absolute Gasteiger partial charge is 0.0537 e. The van der Waals surface area contributed by atoms with E-state index in [1.807, 2.05) is 10.9 Å². The number of nitrogens with one attached hydrogen (secondary N) is 1. The van der Waals surface area contributed by atoms with E-state index in [2.05, 4.69) is 44.3 Å². The Bertz CT molecular complexity index is 291. The summed E-state index contributed by atoms with van der Waals surface area (Å²) in [4.78, 5) is 0. The van der Waals surface area contributed by atoms with Crippen LogP contribution in [0.5, 0.6) is 0 Å². The van der Waals surface area contributed by atoms with Crippen LogP contribution < -0.4 is 5.32 Å². The molecule has 0 amide bonds. The first kappa shape index (κ1) is 13.2. The molecule has 0 aliphatic heterocycles. The lowest BCUT2D eigenvalue weighted by Gasteiger charge is -2.12. The topological polar surface area (TPSA) is 29.9 Å². The van der Waals surface area contributed by atoms with Gasteiger partial charge in [-0.15, -0.1) is 0 Å². The molecule has 1 aromatic heterocycles. The van der Waals surface area contributed by atoms with Crippen LogP contribution in [0.3, 0.4) is 0 Å². The maximum Gasteiger partial charge on any atom is 0.0537 e. The third kappa shape index (κ3) is 4.35. The second-order valence-corrected chi connectivity index (χ2v) is 4.84. The summed E-state index contributed by atoms with van der Waals surface area (Å²) >= 11 is 0. The molecule has 0 aliphatic rings. The second kappa shape index (κ2) is 6.69. The summed E-state index contributed by atoms with van der Waals surface area (Å²) in [5.74, 6) is 0.806. The molecule has 0 saturated heterocycles. The molecule has 0 aromatic carbocycles. The molecule has 3 heteroatoms. The normalized spacial score (nSPS) is 13.3. The summed E-state index contributed by atoms with van der Waals surface area (Å²) in [6.45, 7) is 10.9. The standard InChI is InChI=1S/C13H25N3/c1-5-16-10-13(9-15-16)12(4)14-8-6-7-11(2)3/h9-12,14H,5-8H2,1-4H3. The van der Waals surface area contributed by atoms with Crippen molar-refractivity contribution in [2.75, 3.05) is 6.54 Å². The monoisotopic (exact) mass is 223 g/mol. The highest BCUT2D eigenvalue weighted by Crippen LogP contribution is 2.11. The molecule has 0 fully saturated rings. The van der Waals surface area contributed by atoms with Crippen molar-refractivity contribution in [3.8, 4) is 0 Å². The minimum absolute atomic E-state index is 0.410. The number of aryl methyl sites for hydroxylation is 1. The van der Waals surface area contributed by atoms with Crippen molar-refractivity contribution in [3.63, 3.8) is 0 Å². The van der Waals surface area contributed by atoms with Crippen LogP contribution >= 0.6 is 0 Å². The van der Waals surface area contributed by atoms with Gasteiger partial charge in [-0.2, -0.15) is 5.10 Å². The second-order valence-electron chi connectivity index (χ2n) is 4.84. The zero-order valence-electron chi connectivity index (χ0n) is 11.0. The zero-order chi connectivity index (χ0) is 12.0. The van der Waals surface area contributed by atoms with Gasteiger partial charge in [0.25, 0.3) is 0 Å². The summed E-state index contributed by atoms with van der Waals surface area (Å²) in [5, 5.41) is 7.83. The number of hydrogen-bond donors (Lipinski definition) is 1. The molecule has 3 nitrogen and oxygen atoms in total. The summed E-state index contributed by atoms with van der Waals surface area (Å²) in [6.07, 6.45) is 6.64. The summed E-state index contributed by atoms with van der Waals surface area (Å²) < 4.78 is 1.97. The molecular weight excluding hydrogens is 198 g/mol. The zero-order valence-corrected chi connectivity index (χ0v) is 11.0. The molecule has 1 N–H and O–H groups in total. The Morgan fingerprint density at radius 1 is 1.38 bits per heavy atom. The van der Waals surface area contributed by atoms with Crippen LogP contribution in [0.2, 0.25) is 0 Å². The van der Waals surface area contributed by atoms with Gasteiger partial charge in [-0.05, 0) is 39.2 Å². The fourth-order valence-electron chi connectivity index (χ4n) is 1.72. The Hall–Kier alpha value is -0.830. The Kier molecular flexibility index (Phi) is 5.53. The Morgan fingerprint density at radius 3 is 2.69 bits per heavy atom. The van der Waals surface area contributed by atoms with Crippen molar-refractivity contribution in [1.29, 1.82) is 0 Å². The summed E-state index contributed by atoms with van der Waals surface area (Å²) in [6, 6.07) is 0.410. The number of aromatic nitrogens is 2. The van der Waals surface area contributed by atoms with E-state index in [-0.39, 0.29) is 0 Å². The van der Waals surface area contributed by atoms with Crippen LogP contribution in [0.15, 0.2) is 12.4 Å². The number of rotatable bonds is 7. The minimum atomic E-state index is 0.410. The van der Waals surface area contributed by atoms with Gasteiger partial charge in [0.15, 0.2) is 0 Å². The van der Waals surface area contributed by atoms with Gasteiger partial charge >= 0.3 is 0 Å². The molecule has 1 unspecified atom stereocenters. The first-order chi connectivity index (χ1) is 7.63. The molecule has 92 valence electrons. The van der Waals surface area contributed by atoms with E-state index < -0.39 is 0 Å². The molecule has 1 atom stereocenters. The molecule has 1 heterocycles. The maximum absolute atomic E-state index is 4.29. The average molecular weight is 223 g/mol. The van der Waals surface area contributed by atoms with E-state index in [9.17, 15) is 0 Å². The lowest BCUT2D eigenvalue weighted by Crippen LogP contribution is -2.19. The van der Waals surface area contributed by atoms with Crippen LogP contribution in [0.1, 0.15) is 52.1 Å². The highest BCUT2D eigenvalue weighted by Gasteiger charge is 2.06. The Labute approximate surface area is 99.2 Å². The van der Waals surface area contributed by atoms with E-state index >= 15 is 0 Å². The predicted molar refractivity (Wildman–Crippen MR) is 68.4 cm³/mol. The summed E-state index contributed by atoms with van der Waals surface area (Å²) in [7, 11) is 0. The Morgan fingerprint density at radius 2 is 2.12 bits per heavy atom. The van der Waals surface area contributed by atoms with Crippen molar-refractivity contribution in [2.45, 2.75) is 53.1 Å². The van der Waals surface area contributed by atoms with Crippen molar-refractivity contribution in [2.24, 2.45) is 5.92 Å². The van der Waals surface area contributed by atoms with Gasteiger partial charge in [-0.3, -0.25) is 4.68 Å². The highest BCUT2D eigenvalue weighted by atomic mass is 15.3. The van der Waals surface area contributed by atoms with Gasteiger partial charge < -0.3 is 5.32 Å². The maximum atomic E-state index is 4.29. The summed E-state index contributed by atoms with van der Waals surface area (Å²) in [5.41, 5.74) is 1.28. The molecule has 1 rings (SSSR count). The molecule has 16 heavy (non-hydrogen) atoms. The average Bonchev–Trinajstić information content (AvgIpc) is 2.72. The molecule has 0 aliphatic carbocycles. The van der Waals surface area contributed by atoms with Crippen molar-refractivity contribution in [3.05, 3.63) is 18.0 Å². The quantitative estimate of drug-likeness (QED) is 0.720. The number of hydrogen-bond acceptors (Lipinski definition) is 2. The van der Waals surface area contributed by atoms with Crippen LogP contribution in [0.25, 0.3) is 0 Å². The van der Waals surface area contributed by atoms with E-state index in [0.717, 1.165) is 19.0 Å². The molecule has 0 bridgehead atoms. The fraction of sp³-hybridized carbons (Fsp3) is 0.769. The first-order valence-corrected chi connectivity index (χ1v) is 6.39. The lowest BCUT2D eigenvalue weighted by atomic mass is 10.1. The van der Waals surface area contributed by atoms with Gasteiger partial charge in [0, 0.05) is 24.3 Å². The Balaban J connectivity index is 2.26. The molecule has 0 radical (unpaired) electrons. The van der Waals surface area contributed by atoms with E-state index in [1.165, 1.54) is 18.4 Å². The van der Waals surface area contributed by atoms with Gasteiger partial charge in [0.2, 0.25) is 0 Å². The van der Waals surface area contributed by atoms with Crippen LogP contribution in [-0.2, 0) is 6.54 Å². The molecule has 0 saturated carbocycles. The van der Waals surface area contributed by atoms with E-state index in [0.29, 0.717) is 6.04 Å². The van der Waals surface area contributed by atoms with E-state index in [4.69, 9.17) is 0 Å². The van der Waals surface area contributed by atoms with Gasteiger partial charge in [0.1, 0.15) is 0 Å². The van der Waals surface area contributed by atoms with Crippen LogP contribution in [0.4, 0.5) is 0 Å². The fourth-order valence-corrected chi connectivity index (χ4v) is 1.72. The third-order valence-electron chi connectivity index (χ3n) is 2.89. The van der Waals surface area contributed by atoms with Gasteiger partial charge in [0.05, 0.1) is 6.20 Å². The molecular formula is C13H25N3. The van der Waals surface area contributed by atoms with Crippen LogP contribution in [0, 0.1) is 5.92 Å². The number of nitrogens with zero attached hydrogens (tertiary/aromatic N) is 2. The molecule has 0 spiro atoms. The van der Waals surface area contributed by atoms with Gasteiger partial charge in [-0.25, -0.2) is 0 Å². The van der Waals surface area contributed by atoms with Crippen molar-refractivity contribution < 1.29 is 0 Å². The third-order valence-corrected chi connectivity index (χ3v) is 2.89. The van der Waals surface area contributed by atoms with E-state index in [1.54, 1.807) is 0 Å². The lowest BCUT2D eigenvalue weighted by molar-refractivity contribution is 0.497. The minimum Gasteiger partial charge on any atom is -0.310 e. The highest BCUT2D eigenvalue weighted by molar-refractivity contribution is 5.08. The van der Waals surface area contributed by atoms with Crippen LogP contribution in [-0.4, -0.2) is 16.3 Å². The van der Waals surface area contributed by atoms with Crippen molar-refractivity contribution >= 4 is 0 Å². The van der Waals surface area contributed by atoms with Gasteiger partial charge in [-0.1, -0.05) is 13.8 Å². The first-order valence-electron chi connectivity index (χ1n) is 6.39. The molecule has 1 aromatic rings. The van der Waals surface area contributed by atoms with Crippen molar-refractivity contribution in [1.82, 2.24) is 15.1 Å².